The van der Waals surface area contributed by atoms with Crippen molar-refractivity contribution < 1.29 is 22.8 Å². The van der Waals surface area contributed by atoms with Crippen LogP contribution in [0.25, 0.3) is 0 Å². The van der Waals surface area contributed by atoms with Gasteiger partial charge in [-0.15, -0.1) is 0 Å². The Morgan fingerprint density at radius 2 is 1.50 bits per heavy atom. The van der Waals surface area contributed by atoms with Crippen LogP contribution in [0.3, 0.4) is 0 Å². The predicted octanol–water partition coefficient (Wildman–Crippen LogP) is 3.98. The smallest absolute Gasteiger partial charge is 0.338 e. The standard InChI is InChI=1S/C27H33F3N4O2/c1-31-17-19-32(20-18-31)14-13-25(35)34(21-7-3-2-4-8-21)22-11-15-33(16-12-22)26(36)23-9-5-6-10-24(23)27(28,29)30/h2-10,22H,11-20H2,1H3. The molecule has 9 heteroatoms. The summed E-state index contributed by atoms with van der Waals surface area (Å²) in [6.45, 7) is 5.14. The Morgan fingerprint density at radius 3 is 2.14 bits per heavy atom. The van der Waals surface area contributed by atoms with Crippen molar-refractivity contribution in [2.24, 2.45) is 0 Å². The number of hydrogen-bond donors (Lipinski definition) is 0. The zero-order valence-electron chi connectivity index (χ0n) is 20.6. The fraction of sp³-hybridized carbons (Fsp3) is 0.481. The number of rotatable bonds is 6. The third kappa shape index (κ3) is 6.25. The number of halogens is 3. The van der Waals surface area contributed by atoms with Crippen LogP contribution in [0.2, 0.25) is 0 Å². The molecule has 2 amide bonds. The lowest BCUT2D eigenvalue weighted by Gasteiger charge is -2.39. The van der Waals surface area contributed by atoms with Crippen LogP contribution in [0.4, 0.5) is 18.9 Å². The zero-order chi connectivity index (χ0) is 25.7. The van der Waals surface area contributed by atoms with Crippen LogP contribution < -0.4 is 4.90 Å². The number of amides is 2. The Balaban J connectivity index is 1.42. The van der Waals surface area contributed by atoms with Crippen LogP contribution in [0.15, 0.2) is 54.6 Å². The Hall–Kier alpha value is -2.91. The quantitative estimate of drug-likeness (QED) is 0.600. The van der Waals surface area contributed by atoms with Crippen molar-refractivity contribution in [3.63, 3.8) is 0 Å². The van der Waals surface area contributed by atoms with E-state index < -0.39 is 17.6 Å². The van der Waals surface area contributed by atoms with Crippen LogP contribution in [0.5, 0.6) is 0 Å². The lowest BCUT2D eigenvalue weighted by atomic mass is 9.99. The van der Waals surface area contributed by atoms with Gasteiger partial charge in [0.05, 0.1) is 11.1 Å². The number of nitrogens with zero attached hydrogens (tertiary/aromatic N) is 4. The molecule has 6 nitrogen and oxygen atoms in total. The molecule has 2 aromatic rings. The van der Waals surface area contributed by atoms with Gasteiger partial charge in [0.1, 0.15) is 0 Å². The molecule has 2 aliphatic heterocycles. The maximum absolute atomic E-state index is 13.4. The average molecular weight is 503 g/mol. The Kier molecular flexibility index (Phi) is 8.31. The van der Waals surface area contributed by atoms with Crippen molar-refractivity contribution in [1.82, 2.24) is 14.7 Å². The van der Waals surface area contributed by atoms with Crippen LogP contribution >= 0.6 is 0 Å². The first-order valence-electron chi connectivity index (χ1n) is 12.5. The van der Waals surface area contributed by atoms with E-state index in [1.165, 1.54) is 23.1 Å². The van der Waals surface area contributed by atoms with Crippen molar-refractivity contribution in [3.05, 3.63) is 65.7 Å². The first-order valence-corrected chi connectivity index (χ1v) is 12.5. The van der Waals surface area contributed by atoms with Crippen molar-refractivity contribution >= 4 is 17.5 Å². The minimum absolute atomic E-state index is 0.0346. The van der Waals surface area contributed by atoms with Gasteiger partial charge in [-0.1, -0.05) is 30.3 Å². The summed E-state index contributed by atoms with van der Waals surface area (Å²) in [7, 11) is 2.10. The van der Waals surface area contributed by atoms with Gasteiger partial charge in [-0.05, 0) is 44.2 Å². The van der Waals surface area contributed by atoms with E-state index in [0.29, 0.717) is 38.9 Å². The van der Waals surface area contributed by atoms with Gasteiger partial charge in [-0.2, -0.15) is 13.2 Å². The lowest BCUT2D eigenvalue weighted by molar-refractivity contribution is -0.138. The highest BCUT2D eigenvalue weighted by molar-refractivity contribution is 5.96. The first-order chi connectivity index (χ1) is 17.2. The molecule has 2 aromatic carbocycles. The molecule has 0 radical (unpaired) electrons. The maximum atomic E-state index is 13.4. The molecule has 2 heterocycles. The van der Waals surface area contributed by atoms with Gasteiger partial charge in [-0.25, -0.2) is 0 Å². The fourth-order valence-corrected chi connectivity index (χ4v) is 5.01. The second kappa shape index (κ2) is 11.4. The number of anilines is 1. The summed E-state index contributed by atoms with van der Waals surface area (Å²) < 4.78 is 40.3. The minimum atomic E-state index is -4.59. The molecular weight excluding hydrogens is 469 g/mol. The van der Waals surface area contributed by atoms with Crippen molar-refractivity contribution in [3.8, 4) is 0 Å². The third-order valence-electron chi connectivity index (χ3n) is 7.12. The van der Waals surface area contributed by atoms with E-state index in [-0.39, 0.29) is 17.5 Å². The van der Waals surface area contributed by atoms with Crippen molar-refractivity contribution in [2.75, 3.05) is 57.8 Å². The molecule has 0 saturated carbocycles. The molecule has 36 heavy (non-hydrogen) atoms. The van der Waals surface area contributed by atoms with Gasteiger partial charge in [0, 0.05) is 64.0 Å². The van der Waals surface area contributed by atoms with Crippen LogP contribution in [-0.4, -0.2) is 85.4 Å². The van der Waals surface area contributed by atoms with Crippen LogP contribution in [0.1, 0.15) is 35.2 Å². The topological polar surface area (TPSA) is 47.1 Å². The molecule has 2 fully saturated rings. The molecule has 0 spiro atoms. The number of para-hydroxylation sites is 1. The number of piperazine rings is 1. The van der Waals surface area contributed by atoms with Gasteiger partial charge >= 0.3 is 6.18 Å². The SMILES string of the molecule is CN1CCN(CCC(=O)N(c2ccccc2)C2CCN(C(=O)c3ccccc3C(F)(F)F)CC2)CC1. The number of benzene rings is 2. The number of likely N-dealkylation sites (tertiary alicyclic amines) is 1. The third-order valence-corrected chi connectivity index (χ3v) is 7.12. The van der Waals surface area contributed by atoms with Crippen molar-refractivity contribution in [2.45, 2.75) is 31.5 Å². The molecule has 0 aromatic heterocycles. The second-order valence-corrected chi connectivity index (χ2v) is 9.56. The Labute approximate surface area is 210 Å². The van der Waals surface area contributed by atoms with E-state index in [1.807, 2.05) is 35.2 Å². The van der Waals surface area contributed by atoms with Gasteiger partial charge in [-0.3, -0.25) is 9.59 Å². The Bertz CT molecular complexity index is 1030. The van der Waals surface area contributed by atoms with E-state index in [1.54, 1.807) is 0 Å². The minimum Gasteiger partial charge on any atom is -0.338 e. The summed E-state index contributed by atoms with van der Waals surface area (Å²) in [4.78, 5) is 34.3. The predicted molar refractivity (Wildman–Crippen MR) is 133 cm³/mol. The summed E-state index contributed by atoms with van der Waals surface area (Å²) in [6, 6.07) is 14.3. The van der Waals surface area contributed by atoms with Crippen LogP contribution in [-0.2, 0) is 11.0 Å². The molecule has 0 aliphatic carbocycles. The number of hydrogen-bond acceptors (Lipinski definition) is 4. The molecule has 0 N–H and O–H groups in total. The highest BCUT2D eigenvalue weighted by Gasteiger charge is 2.37. The van der Waals surface area contributed by atoms with E-state index in [4.69, 9.17) is 0 Å². The summed E-state index contributed by atoms with van der Waals surface area (Å²) in [6.07, 6.45) is -3.17. The number of likely N-dealkylation sites (N-methyl/N-ethyl adjacent to an activating group) is 1. The normalized spacial score (nSPS) is 18.3. The molecule has 2 aliphatic rings. The number of piperidine rings is 1. The summed E-state index contributed by atoms with van der Waals surface area (Å²) in [5.41, 5.74) is -0.429. The van der Waals surface area contributed by atoms with Crippen molar-refractivity contribution in [1.29, 1.82) is 0 Å². The van der Waals surface area contributed by atoms with E-state index in [0.717, 1.165) is 37.9 Å². The number of alkyl halides is 3. The second-order valence-electron chi connectivity index (χ2n) is 9.56. The van der Waals surface area contributed by atoms with Crippen LogP contribution in [0, 0.1) is 0 Å². The number of carbonyl (C=O) groups excluding carboxylic acids is 2. The van der Waals surface area contributed by atoms with E-state index in [2.05, 4.69) is 16.8 Å². The zero-order valence-corrected chi connectivity index (χ0v) is 20.6. The summed E-state index contributed by atoms with van der Waals surface area (Å²) in [5, 5.41) is 0. The monoisotopic (exact) mass is 502 g/mol. The molecule has 2 saturated heterocycles. The molecule has 4 rings (SSSR count). The molecule has 194 valence electrons. The van der Waals surface area contributed by atoms with Gasteiger partial charge in [0.15, 0.2) is 0 Å². The van der Waals surface area contributed by atoms with Gasteiger partial charge in [0.2, 0.25) is 5.91 Å². The summed E-state index contributed by atoms with van der Waals surface area (Å²) >= 11 is 0. The van der Waals surface area contributed by atoms with Gasteiger partial charge in [0.25, 0.3) is 5.91 Å². The van der Waals surface area contributed by atoms with E-state index in [9.17, 15) is 22.8 Å². The van der Waals surface area contributed by atoms with Gasteiger partial charge < -0.3 is 19.6 Å². The Morgan fingerprint density at radius 1 is 0.889 bits per heavy atom. The first kappa shape index (κ1) is 26.2. The highest BCUT2D eigenvalue weighted by Crippen LogP contribution is 2.33. The molecule has 0 atom stereocenters. The van der Waals surface area contributed by atoms with E-state index >= 15 is 0 Å². The average Bonchev–Trinajstić information content (AvgIpc) is 2.89. The molecular formula is C27H33F3N4O2. The fourth-order valence-electron chi connectivity index (χ4n) is 5.01. The lowest BCUT2D eigenvalue weighted by Crippen LogP contribution is -2.50. The molecule has 0 bridgehead atoms. The largest absolute Gasteiger partial charge is 0.417 e. The molecule has 0 unspecified atom stereocenters. The summed E-state index contributed by atoms with van der Waals surface area (Å²) in [5.74, 6) is -0.582. The highest BCUT2D eigenvalue weighted by atomic mass is 19.4. The maximum Gasteiger partial charge on any atom is 0.417 e. The number of carbonyl (C=O) groups is 2.